The number of aliphatic hydroxyl groups is 2. The van der Waals surface area contributed by atoms with Crippen LogP contribution in [0, 0.1) is 0 Å². The number of esters is 1. The highest BCUT2D eigenvalue weighted by Gasteiger charge is 2.18. The van der Waals surface area contributed by atoms with Gasteiger partial charge in [0.2, 0.25) is 5.91 Å². The molecule has 0 heterocycles. The zero-order valence-corrected chi connectivity index (χ0v) is 51.0. The number of allylic oxidation sites excluding steroid dienone is 7. The summed E-state index contributed by atoms with van der Waals surface area (Å²) in [5, 5.41) is 23.0. The lowest BCUT2D eigenvalue weighted by molar-refractivity contribution is -0.143. The molecule has 0 aliphatic heterocycles. The predicted molar refractivity (Wildman–Crippen MR) is 333 cm³/mol. The fourth-order valence-corrected chi connectivity index (χ4v) is 10.4. The summed E-state index contributed by atoms with van der Waals surface area (Å²) in [6.45, 7) is 4.88. The van der Waals surface area contributed by atoms with E-state index in [0.717, 1.165) is 51.4 Å². The lowest BCUT2D eigenvalue weighted by atomic mass is 10.0. The van der Waals surface area contributed by atoms with Gasteiger partial charge in [0.15, 0.2) is 0 Å². The van der Waals surface area contributed by atoms with Crippen LogP contribution in [-0.4, -0.2) is 47.4 Å². The first-order valence-corrected chi connectivity index (χ1v) is 33.9. The topological polar surface area (TPSA) is 95.9 Å². The second-order valence-electron chi connectivity index (χ2n) is 23.1. The molecule has 0 rings (SSSR count). The van der Waals surface area contributed by atoms with Crippen LogP contribution in [0.4, 0.5) is 0 Å². The largest absolute Gasteiger partial charge is 0.466 e. The summed E-state index contributed by atoms with van der Waals surface area (Å²) in [7, 11) is 0. The van der Waals surface area contributed by atoms with Crippen molar-refractivity contribution in [3.05, 3.63) is 48.6 Å². The molecule has 0 saturated carbocycles. The number of aliphatic hydroxyl groups excluding tert-OH is 2. The van der Waals surface area contributed by atoms with Gasteiger partial charge in [-0.05, 0) is 89.9 Å². The Morgan fingerprint density at radius 1 is 0.368 bits per heavy atom. The van der Waals surface area contributed by atoms with Crippen molar-refractivity contribution in [3.8, 4) is 0 Å². The Morgan fingerprint density at radius 3 is 1.01 bits per heavy atom. The van der Waals surface area contributed by atoms with Crippen molar-refractivity contribution < 1.29 is 24.5 Å². The molecule has 0 aromatic carbocycles. The molecule has 3 N–H and O–H groups in total. The van der Waals surface area contributed by atoms with E-state index in [9.17, 15) is 19.8 Å². The van der Waals surface area contributed by atoms with Crippen LogP contribution in [0.15, 0.2) is 48.6 Å². The van der Waals surface area contributed by atoms with Crippen LogP contribution >= 0.6 is 0 Å². The third-order valence-electron chi connectivity index (χ3n) is 15.6. The molecular formula is C70H131NO5. The predicted octanol–water partition coefficient (Wildman–Crippen LogP) is 21.7. The van der Waals surface area contributed by atoms with Crippen LogP contribution in [0.1, 0.15) is 361 Å². The lowest BCUT2D eigenvalue weighted by Gasteiger charge is -2.20. The number of unbranched alkanes of at least 4 members (excludes halogenated alkanes) is 46. The Labute approximate surface area is 474 Å². The van der Waals surface area contributed by atoms with E-state index in [2.05, 4.69) is 55.6 Å². The lowest BCUT2D eigenvalue weighted by Crippen LogP contribution is -2.45. The standard InChI is InChI=1S/C70H131NO5/c1-3-5-7-9-11-13-14-15-16-17-31-35-38-41-44-48-52-56-60-64-70(75)76-65-61-57-53-49-45-42-39-36-33-30-28-26-24-22-20-18-19-21-23-25-27-29-32-34-37-40-43-47-51-55-59-63-69(74)71-67(66-72)68(73)62-58-54-50-46-12-10-8-6-4-2/h15-16,20,22,26,28,58,62,67-68,72-73H,3-14,17-19,21,23-25,27,29-57,59-61,63-66H2,1-2H3,(H,71,74)/b16-15-,22-20-,28-26-,62-58+. The van der Waals surface area contributed by atoms with Gasteiger partial charge in [0, 0.05) is 12.8 Å². The van der Waals surface area contributed by atoms with Crippen LogP contribution in [0.2, 0.25) is 0 Å². The Morgan fingerprint density at radius 2 is 0.658 bits per heavy atom. The monoisotopic (exact) mass is 1070 g/mol. The Bertz CT molecular complexity index is 1270. The number of hydrogen-bond acceptors (Lipinski definition) is 5. The summed E-state index contributed by atoms with van der Waals surface area (Å²) in [6.07, 6.45) is 84.8. The molecule has 0 aliphatic carbocycles. The van der Waals surface area contributed by atoms with Gasteiger partial charge in [-0.2, -0.15) is 0 Å². The van der Waals surface area contributed by atoms with Crippen molar-refractivity contribution in [2.24, 2.45) is 0 Å². The van der Waals surface area contributed by atoms with E-state index in [0.29, 0.717) is 19.4 Å². The molecule has 0 saturated heterocycles. The quantitative estimate of drug-likeness (QED) is 0.0320. The van der Waals surface area contributed by atoms with Crippen LogP contribution in [-0.2, 0) is 14.3 Å². The van der Waals surface area contributed by atoms with Gasteiger partial charge < -0.3 is 20.3 Å². The van der Waals surface area contributed by atoms with Crippen LogP contribution in [0.5, 0.6) is 0 Å². The minimum atomic E-state index is -0.842. The zero-order valence-electron chi connectivity index (χ0n) is 51.0. The normalized spacial score (nSPS) is 12.8. The van der Waals surface area contributed by atoms with Gasteiger partial charge in [0.1, 0.15) is 0 Å². The van der Waals surface area contributed by atoms with Gasteiger partial charge in [-0.15, -0.1) is 0 Å². The smallest absolute Gasteiger partial charge is 0.305 e. The van der Waals surface area contributed by atoms with Gasteiger partial charge in [0.25, 0.3) is 0 Å². The summed E-state index contributed by atoms with van der Waals surface area (Å²) >= 11 is 0. The van der Waals surface area contributed by atoms with Gasteiger partial charge in [-0.25, -0.2) is 0 Å². The maximum Gasteiger partial charge on any atom is 0.305 e. The fraction of sp³-hybridized carbons (Fsp3) is 0.857. The van der Waals surface area contributed by atoms with Crippen molar-refractivity contribution in [1.29, 1.82) is 0 Å². The highest BCUT2D eigenvalue weighted by molar-refractivity contribution is 5.76. The van der Waals surface area contributed by atoms with Gasteiger partial charge in [0.05, 0.1) is 25.4 Å². The molecular weight excluding hydrogens is 935 g/mol. The van der Waals surface area contributed by atoms with E-state index in [4.69, 9.17) is 4.74 Å². The third-order valence-corrected chi connectivity index (χ3v) is 15.6. The zero-order chi connectivity index (χ0) is 55.0. The third kappa shape index (κ3) is 61.0. The summed E-state index contributed by atoms with van der Waals surface area (Å²) in [4.78, 5) is 24.5. The SMILES string of the molecule is CCCCCCCC/C=C\CCCCCCCCCCCC(=O)OCCCCCCCCCCC/C=C\C/C=C\CCCCCCCCCCCCCCCCCC(=O)NC(CO)C(O)/C=C/CCCCCCCCC. The number of rotatable bonds is 63. The molecule has 0 bridgehead atoms. The summed E-state index contributed by atoms with van der Waals surface area (Å²) in [5.74, 6) is -0.0572. The number of nitrogens with one attached hydrogen (secondary N) is 1. The maximum atomic E-state index is 12.4. The summed E-state index contributed by atoms with van der Waals surface area (Å²) in [6, 6.07) is -0.626. The molecule has 0 aromatic heterocycles. The first-order valence-electron chi connectivity index (χ1n) is 33.9. The minimum absolute atomic E-state index is 0.0124. The molecule has 76 heavy (non-hydrogen) atoms. The highest BCUT2D eigenvalue weighted by Crippen LogP contribution is 2.17. The van der Waals surface area contributed by atoms with Gasteiger partial charge in [-0.3, -0.25) is 9.59 Å². The van der Waals surface area contributed by atoms with E-state index in [1.54, 1.807) is 6.08 Å². The maximum absolute atomic E-state index is 12.4. The van der Waals surface area contributed by atoms with Crippen molar-refractivity contribution in [2.75, 3.05) is 13.2 Å². The van der Waals surface area contributed by atoms with Gasteiger partial charge >= 0.3 is 5.97 Å². The summed E-state index contributed by atoms with van der Waals surface area (Å²) in [5.41, 5.74) is 0. The van der Waals surface area contributed by atoms with E-state index < -0.39 is 12.1 Å². The second kappa shape index (κ2) is 65.3. The average molecular weight is 1070 g/mol. The number of ether oxygens (including phenoxy) is 1. The first kappa shape index (κ1) is 73.8. The highest BCUT2D eigenvalue weighted by atomic mass is 16.5. The molecule has 0 radical (unpaired) electrons. The average Bonchev–Trinajstić information content (AvgIpc) is 3.42. The second-order valence-corrected chi connectivity index (χ2v) is 23.1. The Kier molecular flexibility index (Phi) is 63.5. The van der Waals surface area contributed by atoms with E-state index in [1.807, 2.05) is 6.08 Å². The molecule has 1 amide bonds. The molecule has 0 spiro atoms. The Hall–Kier alpha value is -2.18. The van der Waals surface area contributed by atoms with E-state index in [-0.39, 0.29) is 18.5 Å². The molecule has 0 aromatic rings. The van der Waals surface area contributed by atoms with E-state index in [1.165, 1.54) is 283 Å². The number of carbonyl (C=O) groups excluding carboxylic acids is 2. The van der Waals surface area contributed by atoms with Crippen molar-refractivity contribution in [1.82, 2.24) is 5.32 Å². The first-order chi connectivity index (χ1) is 37.5. The summed E-state index contributed by atoms with van der Waals surface area (Å²) < 4.78 is 5.50. The minimum Gasteiger partial charge on any atom is -0.466 e. The van der Waals surface area contributed by atoms with Crippen LogP contribution < -0.4 is 5.32 Å². The molecule has 6 nitrogen and oxygen atoms in total. The molecule has 2 unspecified atom stereocenters. The molecule has 2 atom stereocenters. The van der Waals surface area contributed by atoms with E-state index >= 15 is 0 Å². The fourth-order valence-electron chi connectivity index (χ4n) is 10.4. The van der Waals surface area contributed by atoms with Crippen LogP contribution in [0.25, 0.3) is 0 Å². The van der Waals surface area contributed by atoms with Crippen molar-refractivity contribution in [3.63, 3.8) is 0 Å². The molecule has 0 fully saturated rings. The number of hydrogen-bond donors (Lipinski definition) is 3. The molecule has 0 aliphatic rings. The number of amides is 1. The van der Waals surface area contributed by atoms with Crippen molar-refractivity contribution >= 4 is 11.9 Å². The molecule has 6 heteroatoms. The van der Waals surface area contributed by atoms with Crippen LogP contribution in [0.3, 0.4) is 0 Å². The molecule has 446 valence electrons. The number of carbonyl (C=O) groups is 2. The Balaban J connectivity index is 3.37. The van der Waals surface area contributed by atoms with Gasteiger partial charge in [-0.1, -0.05) is 306 Å². The van der Waals surface area contributed by atoms with Crippen molar-refractivity contribution in [2.45, 2.75) is 373 Å².